The molecule has 1 amide bonds. The topological polar surface area (TPSA) is 57.8 Å². The lowest BCUT2D eigenvalue weighted by Crippen LogP contribution is -2.14. The Morgan fingerprint density at radius 1 is 1.28 bits per heavy atom. The second-order valence-corrected chi connectivity index (χ2v) is 4.60. The monoisotopic (exact) mass is 263 g/mol. The number of anilines is 1. The lowest BCUT2D eigenvalue weighted by Gasteiger charge is -2.08. The Morgan fingerprint density at radius 3 is 2.61 bits per heavy atom. The summed E-state index contributed by atoms with van der Waals surface area (Å²) in [4.78, 5) is 12.1. The first kappa shape index (κ1) is 12.6. The molecule has 0 unspecified atom stereocenters. The van der Waals surface area contributed by atoms with Crippen LogP contribution in [0.25, 0.3) is 0 Å². The molecule has 0 fully saturated rings. The van der Waals surface area contributed by atoms with E-state index in [9.17, 15) is 4.79 Å². The smallest absolute Gasteiger partial charge is 0.276 e. The van der Waals surface area contributed by atoms with Crippen molar-refractivity contribution in [3.8, 4) is 0 Å². The third-order valence-electron chi connectivity index (χ3n) is 2.98. The first-order valence-corrected chi connectivity index (χ1v) is 5.96. The molecule has 4 nitrogen and oxygen atoms in total. The summed E-state index contributed by atoms with van der Waals surface area (Å²) in [5.74, 6) is -0.234. The molecule has 0 atom stereocenters. The van der Waals surface area contributed by atoms with Gasteiger partial charge in [-0.05, 0) is 38.5 Å². The van der Waals surface area contributed by atoms with Crippen LogP contribution < -0.4 is 5.32 Å². The zero-order valence-corrected chi connectivity index (χ0v) is 11.2. The van der Waals surface area contributed by atoms with E-state index in [-0.39, 0.29) is 5.91 Å². The molecule has 2 rings (SSSR count). The van der Waals surface area contributed by atoms with Gasteiger partial charge in [-0.15, -0.1) is 0 Å². The molecular formula is C13H14ClN3O. The largest absolute Gasteiger partial charge is 0.320 e. The second-order valence-electron chi connectivity index (χ2n) is 4.19. The summed E-state index contributed by atoms with van der Waals surface area (Å²) in [5.41, 5.74) is 3.70. The van der Waals surface area contributed by atoms with E-state index in [0.717, 1.165) is 16.8 Å². The number of nitrogens with zero attached hydrogens (tertiary/aromatic N) is 1. The van der Waals surface area contributed by atoms with Crippen molar-refractivity contribution >= 4 is 23.2 Å². The molecule has 1 aromatic heterocycles. The van der Waals surface area contributed by atoms with Crippen molar-refractivity contribution in [1.29, 1.82) is 0 Å². The van der Waals surface area contributed by atoms with E-state index in [1.165, 1.54) is 0 Å². The maximum absolute atomic E-state index is 12.1. The van der Waals surface area contributed by atoms with Gasteiger partial charge in [0.2, 0.25) is 0 Å². The molecule has 94 valence electrons. The third kappa shape index (κ3) is 2.24. The van der Waals surface area contributed by atoms with Gasteiger partial charge in [-0.1, -0.05) is 17.7 Å². The molecule has 0 saturated carbocycles. The quantitative estimate of drug-likeness (QED) is 0.874. The molecular weight excluding hydrogens is 250 g/mol. The lowest BCUT2D eigenvalue weighted by molar-refractivity contribution is 0.102. The number of hydrogen-bond donors (Lipinski definition) is 2. The predicted octanol–water partition coefficient (Wildman–Crippen LogP) is 3.24. The van der Waals surface area contributed by atoms with Crippen LogP contribution in [0.3, 0.4) is 0 Å². The highest BCUT2D eigenvalue weighted by atomic mass is 35.5. The standard InChI is InChI=1S/C13H14ClN3O/c1-7-9(3)16-17-12(7)13(18)15-11-6-4-5-10(14)8(11)2/h4-6H,1-3H3,(H,15,18)(H,16,17). The van der Waals surface area contributed by atoms with E-state index in [0.29, 0.717) is 16.4 Å². The van der Waals surface area contributed by atoms with Crippen LogP contribution in [-0.4, -0.2) is 16.1 Å². The Balaban J connectivity index is 2.27. The number of nitrogens with one attached hydrogen (secondary N) is 2. The van der Waals surface area contributed by atoms with Crippen molar-refractivity contribution in [3.05, 3.63) is 45.7 Å². The van der Waals surface area contributed by atoms with Crippen LogP contribution in [0.15, 0.2) is 18.2 Å². The van der Waals surface area contributed by atoms with E-state index < -0.39 is 0 Å². The van der Waals surface area contributed by atoms with E-state index in [1.54, 1.807) is 12.1 Å². The van der Waals surface area contributed by atoms with Gasteiger partial charge in [-0.2, -0.15) is 5.10 Å². The van der Waals surface area contributed by atoms with Crippen molar-refractivity contribution in [2.45, 2.75) is 20.8 Å². The normalized spacial score (nSPS) is 10.4. The van der Waals surface area contributed by atoms with Gasteiger partial charge in [-0.3, -0.25) is 9.89 Å². The van der Waals surface area contributed by atoms with Crippen molar-refractivity contribution in [2.75, 3.05) is 5.32 Å². The molecule has 5 heteroatoms. The number of carbonyl (C=O) groups is 1. The van der Waals surface area contributed by atoms with Gasteiger partial charge in [0.05, 0.1) is 0 Å². The first-order chi connectivity index (χ1) is 8.50. The predicted molar refractivity (Wildman–Crippen MR) is 72.2 cm³/mol. The number of benzene rings is 1. The zero-order valence-electron chi connectivity index (χ0n) is 10.5. The molecule has 0 spiro atoms. The summed E-state index contributed by atoms with van der Waals surface area (Å²) >= 11 is 6.01. The highest BCUT2D eigenvalue weighted by Gasteiger charge is 2.15. The van der Waals surface area contributed by atoms with Gasteiger partial charge >= 0.3 is 0 Å². The molecule has 0 aliphatic rings. The highest BCUT2D eigenvalue weighted by molar-refractivity contribution is 6.31. The van der Waals surface area contributed by atoms with E-state index in [4.69, 9.17) is 11.6 Å². The first-order valence-electron chi connectivity index (χ1n) is 5.58. The Kier molecular flexibility index (Phi) is 3.39. The Bertz CT molecular complexity index is 604. The van der Waals surface area contributed by atoms with Crippen molar-refractivity contribution in [1.82, 2.24) is 10.2 Å². The molecule has 1 aromatic carbocycles. The molecule has 0 aliphatic heterocycles. The van der Waals surface area contributed by atoms with Crippen LogP contribution >= 0.6 is 11.6 Å². The number of amides is 1. The summed E-state index contributed by atoms with van der Waals surface area (Å²) in [5, 5.41) is 10.2. The minimum atomic E-state index is -0.234. The summed E-state index contributed by atoms with van der Waals surface area (Å²) in [7, 11) is 0. The fourth-order valence-corrected chi connectivity index (χ4v) is 1.81. The number of carbonyl (C=O) groups excluding carboxylic acids is 1. The maximum Gasteiger partial charge on any atom is 0.276 e. The zero-order chi connectivity index (χ0) is 13.3. The fourth-order valence-electron chi connectivity index (χ4n) is 1.63. The van der Waals surface area contributed by atoms with Gasteiger partial charge in [0.25, 0.3) is 5.91 Å². The minimum absolute atomic E-state index is 0.234. The second kappa shape index (κ2) is 4.82. The Morgan fingerprint density at radius 2 is 2.00 bits per heavy atom. The van der Waals surface area contributed by atoms with Gasteiger partial charge in [0, 0.05) is 22.0 Å². The summed E-state index contributed by atoms with van der Waals surface area (Å²) in [6.07, 6.45) is 0. The fraction of sp³-hybridized carbons (Fsp3) is 0.231. The minimum Gasteiger partial charge on any atom is -0.320 e. The van der Waals surface area contributed by atoms with Crippen LogP contribution in [0.5, 0.6) is 0 Å². The van der Waals surface area contributed by atoms with Crippen molar-refractivity contribution < 1.29 is 4.79 Å². The SMILES string of the molecule is Cc1[nH]nc(C(=O)Nc2cccc(Cl)c2C)c1C. The van der Waals surface area contributed by atoms with E-state index >= 15 is 0 Å². The van der Waals surface area contributed by atoms with Crippen LogP contribution in [-0.2, 0) is 0 Å². The molecule has 2 aromatic rings. The third-order valence-corrected chi connectivity index (χ3v) is 3.39. The number of aromatic amines is 1. The van der Waals surface area contributed by atoms with Gasteiger partial charge in [0.1, 0.15) is 0 Å². The van der Waals surface area contributed by atoms with E-state index in [2.05, 4.69) is 15.5 Å². The number of H-pyrrole nitrogens is 1. The average Bonchev–Trinajstić information content (AvgIpc) is 2.66. The van der Waals surface area contributed by atoms with Crippen LogP contribution in [0.2, 0.25) is 5.02 Å². The summed E-state index contributed by atoms with van der Waals surface area (Å²) < 4.78 is 0. The molecule has 2 N–H and O–H groups in total. The number of halogens is 1. The molecule has 0 saturated heterocycles. The lowest BCUT2D eigenvalue weighted by atomic mass is 10.1. The molecule has 0 radical (unpaired) electrons. The van der Waals surface area contributed by atoms with Crippen LogP contribution in [0.1, 0.15) is 27.3 Å². The molecule has 1 heterocycles. The molecule has 18 heavy (non-hydrogen) atoms. The summed E-state index contributed by atoms with van der Waals surface area (Å²) in [6.45, 7) is 5.60. The summed E-state index contributed by atoms with van der Waals surface area (Å²) in [6, 6.07) is 5.40. The number of hydrogen-bond acceptors (Lipinski definition) is 2. The average molecular weight is 264 g/mol. The van der Waals surface area contributed by atoms with Gasteiger partial charge in [-0.25, -0.2) is 0 Å². The number of aryl methyl sites for hydroxylation is 1. The number of aromatic nitrogens is 2. The van der Waals surface area contributed by atoms with Gasteiger partial charge < -0.3 is 5.32 Å². The Labute approximate surface area is 110 Å². The Hall–Kier alpha value is -1.81. The van der Waals surface area contributed by atoms with Crippen molar-refractivity contribution in [2.24, 2.45) is 0 Å². The maximum atomic E-state index is 12.1. The van der Waals surface area contributed by atoms with Crippen LogP contribution in [0.4, 0.5) is 5.69 Å². The van der Waals surface area contributed by atoms with Crippen LogP contribution in [0, 0.1) is 20.8 Å². The number of rotatable bonds is 2. The van der Waals surface area contributed by atoms with E-state index in [1.807, 2.05) is 26.8 Å². The molecule has 0 bridgehead atoms. The highest BCUT2D eigenvalue weighted by Crippen LogP contribution is 2.23. The molecule has 0 aliphatic carbocycles. The van der Waals surface area contributed by atoms with Gasteiger partial charge in [0.15, 0.2) is 5.69 Å². The van der Waals surface area contributed by atoms with Crippen molar-refractivity contribution in [3.63, 3.8) is 0 Å².